The lowest BCUT2D eigenvalue weighted by Crippen LogP contribution is -2.36. The minimum absolute atomic E-state index is 0.00481. The van der Waals surface area contributed by atoms with Gasteiger partial charge in [-0.05, 0) is 45.5 Å². The number of pyridine rings is 1. The predicted octanol–water partition coefficient (Wildman–Crippen LogP) is 3.18. The molecule has 1 N–H and O–H groups in total. The number of aryl methyl sites for hydroxylation is 1. The lowest BCUT2D eigenvalue weighted by atomic mass is 9.96. The minimum Gasteiger partial charge on any atom is -0.392 e. The van der Waals surface area contributed by atoms with Crippen LogP contribution in [-0.4, -0.2) is 58.3 Å². The molecule has 1 saturated heterocycles. The maximum Gasteiger partial charge on any atom is 0.134 e. The van der Waals surface area contributed by atoms with Crippen molar-refractivity contribution in [2.75, 3.05) is 38.6 Å². The van der Waals surface area contributed by atoms with Crippen LogP contribution in [0.4, 0.5) is 5.82 Å². The summed E-state index contributed by atoms with van der Waals surface area (Å²) in [6.45, 7) is 5.90. The van der Waals surface area contributed by atoms with Gasteiger partial charge in [-0.3, -0.25) is 0 Å². The van der Waals surface area contributed by atoms with Crippen LogP contribution >= 0.6 is 0 Å². The number of likely N-dealkylation sites (N-methyl/N-ethyl adjacent to an activating group) is 1. The maximum atomic E-state index is 10.0. The van der Waals surface area contributed by atoms with E-state index in [0.717, 1.165) is 61.3 Å². The van der Waals surface area contributed by atoms with Crippen molar-refractivity contribution in [3.05, 3.63) is 53.6 Å². The third kappa shape index (κ3) is 4.14. The van der Waals surface area contributed by atoms with Gasteiger partial charge in [-0.15, -0.1) is 0 Å². The number of rotatable bonds is 6. The molecule has 1 fully saturated rings. The highest BCUT2D eigenvalue weighted by atomic mass is 16.3. The molecular weight excluding hydrogens is 362 g/mol. The number of piperidine rings is 1. The van der Waals surface area contributed by atoms with Crippen LogP contribution in [0.5, 0.6) is 0 Å². The minimum atomic E-state index is 0.00481. The van der Waals surface area contributed by atoms with Gasteiger partial charge in [0.2, 0.25) is 0 Å². The van der Waals surface area contributed by atoms with Crippen molar-refractivity contribution in [3.63, 3.8) is 0 Å². The molecule has 1 aliphatic rings. The van der Waals surface area contributed by atoms with Gasteiger partial charge in [0.15, 0.2) is 0 Å². The van der Waals surface area contributed by atoms with Gasteiger partial charge in [-0.25, -0.2) is 9.97 Å². The number of anilines is 1. The summed E-state index contributed by atoms with van der Waals surface area (Å²) in [5.74, 6) is 2.46. The highest BCUT2D eigenvalue weighted by Crippen LogP contribution is 2.32. The fraction of sp³-hybridized carbons (Fsp3) is 0.478. The number of hydrogen-bond acceptors (Lipinski definition) is 5. The zero-order valence-electron chi connectivity index (χ0n) is 17.7. The van der Waals surface area contributed by atoms with Crippen molar-refractivity contribution in [1.82, 2.24) is 19.4 Å². The average molecular weight is 394 g/mol. The third-order valence-corrected chi connectivity index (χ3v) is 5.90. The number of imidazole rings is 1. The molecule has 0 amide bonds. The van der Waals surface area contributed by atoms with E-state index in [1.165, 1.54) is 11.4 Å². The fourth-order valence-electron chi connectivity index (χ4n) is 4.33. The standard InChI is InChI=1S/C23H31N5O/c1-17-6-4-7-18-14-20(16-29)23(25-21(17)18)28-10-5-8-19(15-28)22-24-9-11-27(22)13-12-26(2)3/h4,6-7,9,11,14,19,29H,5,8,10,12-13,15-16H2,1-3H3. The van der Waals surface area contributed by atoms with Crippen molar-refractivity contribution >= 4 is 16.7 Å². The summed E-state index contributed by atoms with van der Waals surface area (Å²) < 4.78 is 2.29. The number of aliphatic hydroxyl groups is 1. The molecule has 0 bridgehead atoms. The first kappa shape index (κ1) is 19.9. The molecule has 1 unspecified atom stereocenters. The molecule has 154 valence electrons. The molecule has 0 spiro atoms. The number of benzene rings is 1. The molecule has 3 heterocycles. The highest BCUT2D eigenvalue weighted by molar-refractivity contribution is 5.84. The first-order valence-corrected chi connectivity index (χ1v) is 10.5. The Bertz CT molecular complexity index is 981. The Hall–Kier alpha value is -2.44. The van der Waals surface area contributed by atoms with E-state index in [9.17, 15) is 5.11 Å². The number of nitrogens with zero attached hydrogens (tertiary/aromatic N) is 5. The van der Waals surface area contributed by atoms with Gasteiger partial charge in [-0.1, -0.05) is 18.2 Å². The van der Waals surface area contributed by atoms with Crippen LogP contribution in [0.15, 0.2) is 36.7 Å². The fourth-order valence-corrected chi connectivity index (χ4v) is 4.33. The normalized spacial score (nSPS) is 17.4. The average Bonchev–Trinajstić information content (AvgIpc) is 3.20. The van der Waals surface area contributed by atoms with Crippen LogP contribution in [0.1, 0.15) is 35.7 Å². The lowest BCUT2D eigenvalue weighted by molar-refractivity contribution is 0.281. The van der Waals surface area contributed by atoms with Gasteiger partial charge in [0.25, 0.3) is 0 Å². The number of hydrogen-bond donors (Lipinski definition) is 1. The molecule has 0 radical (unpaired) electrons. The van der Waals surface area contributed by atoms with E-state index in [1.54, 1.807) is 0 Å². The SMILES string of the molecule is Cc1cccc2cc(CO)c(N3CCCC(c4nccn4CCN(C)C)C3)nc12. The molecule has 6 heteroatoms. The molecule has 1 aromatic carbocycles. The van der Waals surface area contributed by atoms with Crippen LogP contribution in [0.3, 0.4) is 0 Å². The largest absolute Gasteiger partial charge is 0.392 e. The predicted molar refractivity (Wildman–Crippen MR) is 117 cm³/mol. The van der Waals surface area contributed by atoms with E-state index in [0.29, 0.717) is 5.92 Å². The van der Waals surface area contributed by atoms with Crippen molar-refractivity contribution in [1.29, 1.82) is 0 Å². The summed E-state index contributed by atoms with van der Waals surface area (Å²) in [5, 5.41) is 11.1. The first-order chi connectivity index (χ1) is 14.1. The second-order valence-electron chi connectivity index (χ2n) is 8.34. The van der Waals surface area contributed by atoms with Crippen LogP contribution < -0.4 is 4.90 Å². The molecule has 4 rings (SSSR count). The molecular formula is C23H31N5O. The summed E-state index contributed by atoms with van der Waals surface area (Å²) in [6, 6.07) is 8.30. The van der Waals surface area contributed by atoms with Gasteiger partial charge in [0.1, 0.15) is 11.6 Å². The number of aliphatic hydroxyl groups excluding tert-OH is 1. The molecule has 1 aliphatic heterocycles. The number of aromatic nitrogens is 3. The Morgan fingerprint density at radius 2 is 2.14 bits per heavy atom. The molecule has 3 aromatic rings. The van der Waals surface area contributed by atoms with E-state index in [4.69, 9.17) is 9.97 Å². The Labute approximate surface area is 172 Å². The summed E-state index contributed by atoms with van der Waals surface area (Å²) in [6.07, 6.45) is 6.25. The Balaban J connectivity index is 1.62. The van der Waals surface area contributed by atoms with Gasteiger partial charge in [-0.2, -0.15) is 0 Å². The first-order valence-electron chi connectivity index (χ1n) is 10.5. The van der Waals surface area contributed by atoms with E-state index in [-0.39, 0.29) is 6.61 Å². The molecule has 0 aliphatic carbocycles. The second-order valence-corrected chi connectivity index (χ2v) is 8.34. The summed E-state index contributed by atoms with van der Waals surface area (Å²) in [5.41, 5.74) is 3.09. The van der Waals surface area contributed by atoms with Crippen LogP contribution in [-0.2, 0) is 13.2 Å². The Morgan fingerprint density at radius 3 is 2.93 bits per heavy atom. The van der Waals surface area contributed by atoms with Gasteiger partial charge < -0.3 is 19.5 Å². The van der Waals surface area contributed by atoms with Crippen molar-refractivity contribution in [2.45, 2.75) is 38.8 Å². The molecule has 29 heavy (non-hydrogen) atoms. The second kappa shape index (κ2) is 8.51. The summed E-state index contributed by atoms with van der Waals surface area (Å²) in [7, 11) is 4.20. The summed E-state index contributed by atoms with van der Waals surface area (Å²) >= 11 is 0. The van der Waals surface area contributed by atoms with Gasteiger partial charge in [0.05, 0.1) is 12.1 Å². The van der Waals surface area contributed by atoms with E-state index in [1.807, 2.05) is 12.3 Å². The zero-order chi connectivity index (χ0) is 20.4. The van der Waals surface area contributed by atoms with Crippen molar-refractivity contribution in [3.8, 4) is 0 Å². The van der Waals surface area contributed by atoms with Crippen molar-refractivity contribution in [2.24, 2.45) is 0 Å². The maximum absolute atomic E-state index is 10.0. The van der Waals surface area contributed by atoms with Gasteiger partial charge in [0, 0.05) is 55.4 Å². The van der Waals surface area contributed by atoms with E-state index in [2.05, 4.69) is 59.8 Å². The molecule has 2 aromatic heterocycles. The number of para-hydroxylation sites is 1. The quantitative estimate of drug-likeness (QED) is 0.697. The van der Waals surface area contributed by atoms with Crippen LogP contribution in [0.25, 0.3) is 10.9 Å². The topological polar surface area (TPSA) is 57.4 Å². The smallest absolute Gasteiger partial charge is 0.134 e. The Morgan fingerprint density at radius 1 is 1.28 bits per heavy atom. The van der Waals surface area contributed by atoms with E-state index >= 15 is 0 Å². The molecule has 1 atom stereocenters. The van der Waals surface area contributed by atoms with Gasteiger partial charge >= 0.3 is 0 Å². The Kier molecular flexibility index (Phi) is 5.83. The lowest BCUT2D eigenvalue weighted by Gasteiger charge is -2.34. The summed E-state index contributed by atoms with van der Waals surface area (Å²) in [4.78, 5) is 14.2. The monoisotopic (exact) mass is 393 g/mol. The van der Waals surface area contributed by atoms with Crippen molar-refractivity contribution < 1.29 is 5.11 Å². The van der Waals surface area contributed by atoms with Crippen LogP contribution in [0.2, 0.25) is 0 Å². The van der Waals surface area contributed by atoms with Crippen LogP contribution in [0, 0.1) is 6.92 Å². The highest BCUT2D eigenvalue weighted by Gasteiger charge is 2.27. The molecule has 0 saturated carbocycles. The number of fused-ring (bicyclic) bond motifs is 1. The van der Waals surface area contributed by atoms with E-state index < -0.39 is 0 Å². The molecule has 6 nitrogen and oxygen atoms in total. The third-order valence-electron chi connectivity index (χ3n) is 5.90. The zero-order valence-corrected chi connectivity index (χ0v) is 17.7.